The number of aromatic nitrogens is 2. The summed E-state index contributed by atoms with van der Waals surface area (Å²) < 4.78 is 5.68. The fourth-order valence-electron chi connectivity index (χ4n) is 1.51. The van der Waals surface area contributed by atoms with Gasteiger partial charge in [-0.15, -0.1) is 0 Å². The highest BCUT2D eigenvalue weighted by Crippen LogP contribution is 2.27. The third-order valence-corrected chi connectivity index (χ3v) is 2.55. The van der Waals surface area contributed by atoms with Crippen molar-refractivity contribution < 1.29 is 4.74 Å². The van der Waals surface area contributed by atoms with Crippen LogP contribution >= 0.6 is 11.6 Å². The van der Waals surface area contributed by atoms with Crippen molar-refractivity contribution in [2.45, 2.75) is 13.8 Å². The van der Waals surface area contributed by atoms with Gasteiger partial charge in [0.25, 0.3) is 0 Å². The van der Waals surface area contributed by atoms with Crippen molar-refractivity contribution in [1.82, 2.24) is 9.97 Å². The van der Waals surface area contributed by atoms with Crippen LogP contribution in [0.1, 0.15) is 11.4 Å². The molecule has 0 spiro atoms. The van der Waals surface area contributed by atoms with E-state index in [2.05, 4.69) is 15.4 Å². The Morgan fingerprint density at radius 3 is 2.67 bits per heavy atom. The normalized spacial score (nSPS) is 10.2. The Morgan fingerprint density at radius 2 is 2.00 bits per heavy atom. The number of nitrogens with two attached hydrogens (primary N) is 1. The molecule has 94 valence electrons. The second-order valence-corrected chi connectivity index (χ2v) is 4.23. The molecule has 0 unspecified atom stereocenters. The highest BCUT2D eigenvalue weighted by molar-refractivity contribution is 6.30. The number of anilines is 1. The van der Waals surface area contributed by atoms with Gasteiger partial charge >= 0.3 is 0 Å². The number of aryl methyl sites for hydroxylation is 2. The van der Waals surface area contributed by atoms with E-state index in [0.717, 1.165) is 5.56 Å². The van der Waals surface area contributed by atoms with Crippen LogP contribution in [0, 0.1) is 13.8 Å². The number of hydrazine groups is 1. The summed E-state index contributed by atoms with van der Waals surface area (Å²) in [6.45, 7) is 3.68. The van der Waals surface area contributed by atoms with E-state index in [1.807, 2.05) is 13.0 Å². The number of ether oxygens (including phenoxy) is 1. The fourth-order valence-corrected chi connectivity index (χ4v) is 1.73. The largest absolute Gasteiger partial charge is 0.439 e. The third kappa shape index (κ3) is 2.88. The SMILES string of the molecule is Cc1nc(NN)cc(Oc2ccc(Cl)cc2C)n1. The van der Waals surface area contributed by atoms with E-state index >= 15 is 0 Å². The highest BCUT2D eigenvalue weighted by Gasteiger charge is 2.06. The van der Waals surface area contributed by atoms with Crippen molar-refractivity contribution in [3.05, 3.63) is 40.7 Å². The van der Waals surface area contributed by atoms with Gasteiger partial charge in [-0.25, -0.2) is 10.8 Å². The van der Waals surface area contributed by atoms with Gasteiger partial charge in [0, 0.05) is 11.1 Å². The molecule has 5 nitrogen and oxygen atoms in total. The summed E-state index contributed by atoms with van der Waals surface area (Å²) in [5.74, 6) is 7.52. The van der Waals surface area contributed by atoms with E-state index in [-0.39, 0.29) is 0 Å². The number of rotatable bonds is 3. The monoisotopic (exact) mass is 264 g/mol. The Balaban J connectivity index is 2.30. The number of nitrogen functional groups attached to an aromatic ring is 1. The second kappa shape index (κ2) is 5.20. The molecule has 0 fully saturated rings. The molecule has 0 aliphatic carbocycles. The van der Waals surface area contributed by atoms with Crippen LogP contribution in [0.5, 0.6) is 11.6 Å². The van der Waals surface area contributed by atoms with E-state index in [1.165, 1.54) is 0 Å². The van der Waals surface area contributed by atoms with Crippen LogP contribution in [-0.4, -0.2) is 9.97 Å². The third-order valence-electron chi connectivity index (χ3n) is 2.31. The number of benzene rings is 1. The van der Waals surface area contributed by atoms with Gasteiger partial charge in [0.15, 0.2) is 0 Å². The van der Waals surface area contributed by atoms with Crippen LogP contribution in [0.25, 0.3) is 0 Å². The Labute approximate surface area is 110 Å². The van der Waals surface area contributed by atoms with Crippen LogP contribution in [-0.2, 0) is 0 Å². The molecule has 0 aliphatic rings. The van der Waals surface area contributed by atoms with Gasteiger partial charge in [-0.2, -0.15) is 4.98 Å². The van der Waals surface area contributed by atoms with Gasteiger partial charge in [-0.3, -0.25) is 0 Å². The molecule has 18 heavy (non-hydrogen) atoms. The molecule has 3 N–H and O–H groups in total. The summed E-state index contributed by atoms with van der Waals surface area (Å²) in [5, 5.41) is 0.669. The minimum Gasteiger partial charge on any atom is -0.439 e. The quantitative estimate of drug-likeness (QED) is 0.659. The van der Waals surface area contributed by atoms with Gasteiger partial charge in [0.2, 0.25) is 5.88 Å². The summed E-state index contributed by atoms with van der Waals surface area (Å²) in [6, 6.07) is 7.01. The van der Waals surface area contributed by atoms with E-state index in [9.17, 15) is 0 Å². The molecule has 2 aromatic rings. The average Bonchev–Trinajstić information content (AvgIpc) is 2.32. The van der Waals surface area contributed by atoms with Crippen LogP contribution in [0.15, 0.2) is 24.3 Å². The second-order valence-electron chi connectivity index (χ2n) is 3.79. The molecule has 1 heterocycles. The summed E-state index contributed by atoms with van der Waals surface area (Å²) in [7, 11) is 0. The summed E-state index contributed by atoms with van der Waals surface area (Å²) in [6.07, 6.45) is 0. The topological polar surface area (TPSA) is 73.1 Å². The van der Waals surface area contributed by atoms with Crippen molar-refractivity contribution in [3.63, 3.8) is 0 Å². The van der Waals surface area contributed by atoms with Gasteiger partial charge in [0.05, 0.1) is 0 Å². The first kappa shape index (κ1) is 12.6. The predicted octanol–water partition coefficient (Wildman–Crippen LogP) is 2.82. The molecule has 0 aliphatic heterocycles. The number of nitrogens with zero attached hydrogens (tertiary/aromatic N) is 2. The smallest absolute Gasteiger partial charge is 0.224 e. The van der Waals surface area contributed by atoms with Crippen LogP contribution in [0.2, 0.25) is 5.02 Å². The van der Waals surface area contributed by atoms with E-state index in [1.54, 1.807) is 25.1 Å². The maximum Gasteiger partial charge on any atom is 0.224 e. The number of hydrogen-bond donors (Lipinski definition) is 2. The van der Waals surface area contributed by atoms with Gasteiger partial charge in [-0.1, -0.05) is 11.6 Å². The first-order chi connectivity index (χ1) is 8.58. The molecule has 0 atom stereocenters. The lowest BCUT2D eigenvalue weighted by atomic mass is 10.2. The lowest BCUT2D eigenvalue weighted by molar-refractivity contribution is 0.457. The number of hydrogen-bond acceptors (Lipinski definition) is 5. The maximum atomic E-state index is 5.89. The van der Waals surface area contributed by atoms with Crippen LogP contribution in [0.4, 0.5) is 5.82 Å². The minimum absolute atomic E-state index is 0.431. The lowest BCUT2D eigenvalue weighted by Crippen LogP contribution is -2.09. The summed E-state index contributed by atoms with van der Waals surface area (Å²) in [5.41, 5.74) is 3.40. The predicted molar refractivity (Wildman–Crippen MR) is 70.8 cm³/mol. The van der Waals surface area contributed by atoms with Crippen molar-refractivity contribution in [2.75, 3.05) is 5.43 Å². The Kier molecular flexibility index (Phi) is 3.64. The molecule has 6 heteroatoms. The van der Waals surface area contributed by atoms with E-state index in [4.69, 9.17) is 22.2 Å². The lowest BCUT2D eigenvalue weighted by Gasteiger charge is -2.09. The molecular weight excluding hydrogens is 252 g/mol. The van der Waals surface area contributed by atoms with Crippen molar-refractivity contribution in [1.29, 1.82) is 0 Å². The first-order valence-corrected chi connectivity index (χ1v) is 5.72. The molecule has 0 saturated heterocycles. The van der Waals surface area contributed by atoms with Crippen LogP contribution < -0.4 is 16.0 Å². The van der Waals surface area contributed by atoms with Crippen molar-refractivity contribution in [3.8, 4) is 11.6 Å². The summed E-state index contributed by atoms with van der Waals surface area (Å²) >= 11 is 5.89. The average molecular weight is 265 g/mol. The molecule has 1 aromatic carbocycles. The molecule has 0 amide bonds. The van der Waals surface area contributed by atoms with E-state index < -0.39 is 0 Å². The standard InChI is InChI=1S/C12H13ClN4O/c1-7-5-9(13)3-4-10(7)18-12-6-11(17-14)15-8(2)16-12/h3-6H,14H2,1-2H3,(H,15,16,17). The number of halogens is 1. The fraction of sp³-hybridized carbons (Fsp3) is 0.167. The highest BCUT2D eigenvalue weighted by atomic mass is 35.5. The minimum atomic E-state index is 0.431. The Bertz CT molecular complexity index is 574. The molecule has 0 radical (unpaired) electrons. The zero-order chi connectivity index (χ0) is 13.1. The van der Waals surface area contributed by atoms with Crippen LogP contribution in [0.3, 0.4) is 0 Å². The zero-order valence-corrected chi connectivity index (χ0v) is 10.8. The summed E-state index contributed by atoms with van der Waals surface area (Å²) in [4.78, 5) is 8.26. The van der Waals surface area contributed by atoms with Crippen molar-refractivity contribution >= 4 is 17.4 Å². The number of nitrogens with one attached hydrogen (secondary N) is 1. The Hall–Kier alpha value is -1.85. The van der Waals surface area contributed by atoms with Crippen molar-refractivity contribution in [2.24, 2.45) is 5.84 Å². The van der Waals surface area contributed by atoms with Gasteiger partial charge in [0.1, 0.15) is 17.4 Å². The van der Waals surface area contributed by atoms with Gasteiger partial charge < -0.3 is 10.2 Å². The molecular formula is C12H13ClN4O. The first-order valence-electron chi connectivity index (χ1n) is 5.35. The van der Waals surface area contributed by atoms with Gasteiger partial charge in [-0.05, 0) is 37.6 Å². The molecule has 2 rings (SSSR count). The molecule has 0 saturated carbocycles. The molecule has 1 aromatic heterocycles. The molecule has 0 bridgehead atoms. The van der Waals surface area contributed by atoms with E-state index in [0.29, 0.717) is 28.3 Å². The Morgan fingerprint density at radius 1 is 1.22 bits per heavy atom. The maximum absolute atomic E-state index is 5.89. The zero-order valence-electron chi connectivity index (χ0n) is 10.1.